The van der Waals surface area contributed by atoms with Gasteiger partial charge in [-0.3, -0.25) is 0 Å². The molecule has 0 bridgehead atoms. The lowest BCUT2D eigenvalue weighted by atomic mass is 10.2. The van der Waals surface area contributed by atoms with Gasteiger partial charge in [-0.05, 0) is 48.5 Å². The molecule has 0 radical (unpaired) electrons. The van der Waals surface area contributed by atoms with Crippen molar-refractivity contribution in [3.8, 4) is 11.5 Å². The topological polar surface area (TPSA) is 30.5 Å². The number of hydrogen-bond donors (Lipinski definition) is 1. The van der Waals surface area contributed by atoms with Crippen LogP contribution in [-0.2, 0) is 13.2 Å². The van der Waals surface area contributed by atoms with E-state index in [1.54, 1.807) is 25.3 Å². The molecular weight excluding hydrogens is 468 g/mol. The Balaban J connectivity index is 1.72. The van der Waals surface area contributed by atoms with Gasteiger partial charge in [0.25, 0.3) is 0 Å². The predicted octanol–water partition coefficient (Wildman–Crippen LogP) is 7.09. The first-order valence-electron chi connectivity index (χ1n) is 8.39. The zero-order valence-electron chi connectivity index (χ0n) is 14.9. The van der Waals surface area contributed by atoms with Gasteiger partial charge in [-0.2, -0.15) is 0 Å². The molecular formula is C21H17BrCl2FNO2. The van der Waals surface area contributed by atoms with Gasteiger partial charge in [-0.15, -0.1) is 0 Å². The van der Waals surface area contributed by atoms with E-state index in [2.05, 4.69) is 21.2 Å². The Bertz CT molecular complexity index is 985. The zero-order chi connectivity index (χ0) is 20.1. The summed E-state index contributed by atoms with van der Waals surface area (Å²) >= 11 is 15.7. The molecule has 3 rings (SSSR count). The smallest absolute Gasteiger partial charge is 0.137 e. The summed E-state index contributed by atoms with van der Waals surface area (Å²) in [5.74, 6) is 0.950. The highest BCUT2D eigenvalue weighted by Crippen LogP contribution is 2.29. The lowest BCUT2D eigenvalue weighted by Gasteiger charge is -2.15. The van der Waals surface area contributed by atoms with Gasteiger partial charge in [0.1, 0.15) is 23.9 Å². The fraction of sp³-hybridized carbons (Fsp3) is 0.143. The van der Waals surface area contributed by atoms with Crippen LogP contribution in [0.1, 0.15) is 11.1 Å². The van der Waals surface area contributed by atoms with Crippen molar-refractivity contribution < 1.29 is 13.9 Å². The fourth-order valence-corrected chi connectivity index (χ4v) is 3.48. The maximum absolute atomic E-state index is 13.2. The van der Waals surface area contributed by atoms with Gasteiger partial charge in [-0.25, -0.2) is 4.39 Å². The van der Waals surface area contributed by atoms with E-state index in [0.717, 1.165) is 15.7 Å². The van der Waals surface area contributed by atoms with Crippen molar-refractivity contribution in [1.29, 1.82) is 0 Å². The minimum atomic E-state index is -0.375. The number of halogens is 4. The quantitative estimate of drug-likeness (QED) is 0.388. The monoisotopic (exact) mass is 483 g/mol. The summed E-state index contributed by atoms with van der Waals surface area (Å²) in [5.41, 5.74) is 2.52. The highest BCUT2D eigenvalue weighted by atomic mass is 79.9. The summed E-state index contributed by atoms with van der Waals surface area (Å²) in [5, 5.41) is 4.19. The van der Waals surface area contributed by atoms with Crippen molar-refractivity contribution in [1.82, 2.24) is 0 Å². The van der Waals surface area contributed by atoms with E-state index in [1.165, 1.54) is 12.1 Å². The number of methoxy groups -OCH3 is 1. The lowest BCUT2D eigenvalue weighted by molar-refractivity contribution is 0.303. The zero-order valence-corrected chi connectivity index (χ0v) is 18.0. The summed E-state index contributed by atoms with van der Waals surface area (Å²) in [7, 11) is 1.58. The van der Waals surface area contributed by atoms with E-state index >= 15 is 0 Å². The molecule has 146 valence electrons. The average Bonchev–Trinajstić information content (AvgIpc) is 2.67. The Labute approximate surface area is 181 Å². The van der Waals surface area contributed by atoms with E-state index in [9.17, 15) is 4.39 Å². The fourth-order valence-electron chi connectivity index (χ4n) is 2.59. The van der Waals surface area contributed by atoms with Crippen LogP contribution in [0.2, 0.25) is 10.0 Å². The molecule has 0 atom stereocenters. The summed E-state index contributed by atoms with van der Waals surface area (Å²) in [6, 6.07) is 15.5. The average molecular weight is 485 g/mol. The van der Waals surface area contributed by atoms with Crippen LogP contribution in [0.5, 0.6) is 11.5 Å². The van der Waals surface area contributed by atoms with E-state index in [1.807, 2.05) is 24.3 Å². The SMILES string of the molecule is COc1ccc(NCc2cc(Br)ccc2OCc2ccc(F)cc2Cl)cc1Cl. The van der Waals surface area contributed by atoms with Crippen molar-refractivity contribution in [2.24, 2.45) is 0 Å². The number of anilines is 1. The van der Waals surface area contributed by atoms with Crippen molar-refractivity contribution in [2.45, 2.75) is 13.2 Å². The van der Waals surface area contributed by atoms with Crippen molar-refractivity contribution in [3.63, 3.8) is 0 Å². The van der Waals surface area contributed by atoms with E-state index in [-0.39, 0.29) is 12.4 Å². The minimum Gasteiger partial charge on any atom is -0.495 e. The van der Waals surface area contributed by atoms with Gasteiger partial charge in [0.15, 0.2) is 0 Å². The van der Waals surface area contributed by atoms with Crippen LogP contribution in [0.3, 0.4) is 0 Å². The third kappa shape index (κ3) is 5.31. The molecule has 0 heterocycles. The Morgan fingerprint density at radius 2 is 1.71 bits per heavy atom. The summed E-state index contributed by atoms with van der Waals surface area (Å²) < 4.78 is 25.2. The molecule has 0 aliphatic carbocycles. The van der Waals surface area contributed by atoms with Crippen LogP contribution in [0, 0.1) is 5.82 Å². The number of hydrogen-bond acceptors (Lipinski definition) is 3. The molecule has 0 spiro atoms. The van der Waals surface area contributed by atoms with Crippen LogP contribution in [0.4, 0.5) is 10.1 Å². The van der Waals surface area contributed by atoms with Crippen molar-refractivity contribution >= 4 is 44.8 Å². The first kappa shape index (κ1) is 20.8. The summed E-state index contributed by atoms with van der Waals surface area (Å²) in [4.78, 5) is 0. The second-order valence-corrected chi connectivity index (χ2v) is 7.71. The molecule has 7 heteroatoms. The van der Waals surface area contributed by atoms with E-state index < -0.39 is 0 Å². The molecule has 0 amide bonds. The van der Waals surface area contributed by atoms with Crippen LogP contribution in [0.15, 0.2) is 59.1 Å². The van der Waals surface area contributed by atoms with Gasteiger partial charge in [-0.1, -0.05) is 45.2 Å². The summed E-state index contributed by atoms with van der Waals surface area (Å²) in [6.45, 7) is 0.761. The first-order valence-corrected chi connectivity index (χ1v) is 9.93. The Hall–Kier alpha value is -1.95. The van der Waals surface area contributed by atoms with Crippen LogP contribution in [0.25, 0.3) is 0 Å². The Morgan fingerprint density at radius 3 is 2.43 bits per heavy atom. The molecule has 0 saturated carbocycles. The highest BCUT2D eigenvalue weighted by molar-refractivity contribution is 9.10. The van der Waals surface area contributed by atoms with Gasteiger partial charge >= 0.3 is 0 Å². The molecule has 0 aliphatic rings. The molecule has 3 aromatic rings. The third-order valence-electron chi connectivity index (χ3n) is 4.06. The van der Waals surface area contributed by atoms with Crippen LogP contribution in [-0.4, -0.2) is 7.11 Å². The molecule has 0 unspecified atom stereocenters. The van der Waals surface area contributed by atoms with Gasteiger partial charge in [0.05, 0.1) is 17.2 Å². The maximum Gasteiger partial charge on any atom is 0.137 e. The van der Waals surface area contributed by atoms with Gasteiger partial charge < -0.3 is 14.8 Å². The molecule has 3 nitrogen and oxygen atoms in total. The number of nitrogens with one attached hydrogen (secondary N) is 1. The first-order chi connectivity index (χ1) is 13.5. The van der Waals surface area contributed by atoms with Crippen LogP contribution >= 0.6 is 39.1 Å². The number of rotatable bonds is 7. The minimum absolute atomic E-state index is 0.238. The van der Waals surface area contributed by atoms with Crippen molar-refractivity contribution in [3.05, 3.63) is 86.1 Å². The number of ether oxygens (including phenoxy) is 2. The second kappa shape index (κ2) is 9.50. The maximum atomic E-state index is 13.2. The molecule has 0 saturated heterocycles. The molecule has 0 aliphatic heterocycles. The second-order valence-electron chi connectivity index (χ2n) is 5.98. The molecule has 3 aromatic carbocycles. The molecule has 0 aromatic heterocycles. The lowest BCUT2D eigenvalue weighted by Crippen LogP contribution is -2.04. The van der Waals surface area contributed by atoms with Gasteiger partial charge in [0, 0.05) is 27.8 Å². The van der Waals surface area contributed by atoms with E-state index in [4.69, 9.17) is 32.7 Å². The Kier molecular flexibility index (Phi) is 7.05. The highest BCUT2D eigenvalue weighted by Gasteiger charge is 2.09. The number of benzene rings is 3. The summed E-state index contributed by atoms with van der Waals surface area (Å²) in [6.07, 6.45) is 0. The predicted molar refractivity (Wildman–Crippen MR) is 115 cm³/mol. The third-order valence-corrected chi connectivity index (χ3v) is 5.20. The molecule has 28 heavy (non-hydrogen) atoms. The van der Waals surface area contributed by atoms with Crippen molar-refractivity contribution in [2.75, 3.05) is 12.4 Å². The van der Waals surface area contributed by atoms with Crippen LogP contribution < -0.4 is 14.8 Å². The Morgan fingerprint density at radius 1 is 0.929 bits per heavy atom. The molecule has 1 N–H and O–H groups in total. The largest absolute Gasteiger partial charge is 0.495 e. The molecule has 0 fully saturated rings. The normalized spacial score (nSPS) is 10.6. The standard InChI is InChI=1S/C21H17BrCl2FNO2/c1-27-21-7-5-17(10-19(21)24)26-11-14-8-15(22)3-6-20(14)28-12-13-2-4-16(25)9-18(13)23/h2-10,26H,11-12H2,1H3. The van der Waals surface area contributed by atoms with E-state index in [0.29, 0.717) is 33.7 Å². The van der Waals surface area contributed by atoms with Gasteiger partial charge in [0.2, 0.25) is 0 Å².